The van der Waals surface area contributed by atoms with Crippen LogP contribution in [0.4, 0.5) is 11.4 Å². The van der Waals surface area contributed by atoms with E-state index in [4.69, 9.17) is 0 Å². The monoisotopic (exact) mass is 998 g/mol. The summed E-state index contributed by atoms with van der Waals surface area (Å²) in [5.74, 6) is -1.05. The topological polar surface area (TPSA) is 219 Å². The van der Waals surface area contributed by atoms with Gasteiger partial charge in [-0.3, -0.25) is 5.04 Å². The first-order valence-electron chi connectivity index (χ1n) is 18.4. The Morgan fingerprint density at radius 1 is 0.710 bits per heavy atom. The first kappa shape index (κ1) is 57.0. The summed E-state index contributed by atoms with van der Waals surface area (Å²) in [5.41, 5.74) is 4.00. The van der Waals surface area contributed by atoms with Gasteiger partial charge < -0.3 is 23.8 Å². The van der Waals surface area contributed by atoms with Crippen LogP contribution in [0.1, 0.15) is 51.7 Å². The van der Waals surface area contributed by atoms with Gasteiger partial charge in [0.25, 0.3) is 0 Å². The average Bonchev–Trinajstić information content (AvgIpc) is 3.50. The number of benzene rings is 4. The maximum absolute atomic E-state index is 11.7. The van der Waals surface area contributed by atoms with Crippen molar-refractivity contribution >= 4 is 81.0 Å². The summed E-state index contributed by atoms with van der Waals surface area (Å²) >= 11 is 0.788. The van der Waals surface area contributed by atoms with Crippen LogP contribution in [0, 0.1) is 0 Å². The smallest absolute Gasteiger partial charge is 0.748 e. The summed E-state index contributed by atoms with van der Waals surface area (Å²) < 4.78 is 111. The van der Waals surface area contributed by atoms with Crippen molar-refractivity contribution in [1.82, 2.24) is 0 Å². The number of allylic oxidation sites excluding steroid dienone is 8. The van der Waals surface area contributed by atoms with E-state index in [1.165, 1.54) is 12.1 Å². The van der Waals surface area contributed by atoms with Crippen LogP contribution in [0.3, 0.4) is 0 Å². The van der Waals surface area contributed by atoms with Crippen LogP contribution in [0.15, 0.2) is 119 Å². The van der Waals surface area contributed by atoms with E-state index < -0.39 is 52.7 Å². The molecule has 0 saturated heterocycles. The summed E-state index contributed by atoms with van der Waals surface area (Å²) in [5, 5.41) is 17.0. The van der Waals surface area contributed by atoms with Crippen LogP contribution >= 0.6 is 12.0 Å². The number of hydrogen-bond donors (Lipinski definition) is 0. The van der Waals surface area contributed by atoms with Gasteiger partial charge in [0, 0.05) is 63.9 Å². The molecular formula is C41H41K3N2O12S4. The molecule has 2 aliphatic heterocycles. The zero-order valence-corrected chi connectivity index (χ0v) is 48.1. The average molecular weight is 999 g/mol. The van der Waals surface area contributed by atoms with Crippen molar-refractivity contribution in [2.24, 2.45) is 0 Å². The predicted octanol–water partition coefficient (Wildman–Crippen LogP) is -3.26. The molecule has 0 atom stereocenters. The molecule has 314 valence electrons. The second-order valence-corrected chi connectivity index (χ2v) is 20.4. The summed E-state index contributed by atoms with van der Waals surface area (Å²) in [6, 6.07) is 17.2. The van der Waals surface area contributed by atoms with Crippen molar-refractivity contribution in [2.45, 2.75) is 61.2 Å². The van der Waals surface area contributed by atoms with Gasteiger partial charge in [0.2, 0.25) is 5.69 Å². The molecule has 0 N–H and O–H groups in total. The van der Waals surface area contributed by atoms with Gasteiger partial charge in [-0.25, -0.2) is 25.3 Å². The molecule has 4 aromatic rings. The molecule has 0 unspecified atom stereocenters. The number of anilines is 1. The SMILES string of the molecule is CC1(C)C(=CC=CC=CC=CC2=[N+](CCCS(=O)(=O)[O-])c3ccc4cc(S(=O)(=O)[O-])ccc4c3C2(C)C)N(CCCS(=O)(=O)[O-])c2ccc3cc(SOO[O-])ccc3c21.[K+].[K+].[K+]. The first-order chi connectivity index (χ1) is 27.6. The first-order valence-corrected chi connectivity index (χ1v) is 23.7. The van der Waals surface area contributed by atoms with Gasteiger partial charge in [0.1, 0.15) is 16.7 Å². The molecule has 2 aliphatic rings. The van der Waals surface area contributed by atoms with Crippen molar-refractivity contribution < 1.29 is 212 Å². The van der Waals surface area contributed by atoms with Gasteiger partial charge >= 0.3 is 154 Å². The molecule has 62 heavy (non-hydrogen) atoms. The Balaban J connectivity index is 0.00000341. The molecule has 0 radical (unpaired) electrons. The van der Waals surface area contributed by atoms with Crippen LogP contribution < -0.4 is 164 Å². The Morgan fingerprint density at radius 3 is 1.97 bits per heavy atom. The second kappa shape index (κ2) is 23.3. The third kappa shape index (κ3) is 13.5. The van der Waals surface area contributed by atoms with Gasteiger partial charge in [-0.1, -0.05) is 62.4 Å². The molecule has 0 bridgehead atoms. The van der Waals surface area contributed by atoms with Crippen molar-refractivity contribution in [2.75, 3.05) is 29.5 Å². The van der Waals surface area contributed by atoms with E-state index >= 15 is 0 Å². The van der Waals surface area contributed by atoms with E-state index in [1.54, 1.807) is 24.3 Å². The molecule has 0 aromatic heterocycles. The van der Waals surface area contributed by atoms with Crippen molar-refractivity contribution in [1.29, 1.82) is 0 Å². The van der Waals surface area contributed by atoms with Gasteiger partial charge in [0.05, 0.1) is 42.6 Å². The third-order valence-corrected chi connectivity index (χ3v) is 13.6. The summed E-state index contributed by atoms with van der Waals surface area (Å²) in [6.07, 6.45) is 13.2. The number of fused-ring (bicyclic) bond motifs is 6. The minimum absolute atomic E-state index is 0. The van der Waals surface area contributed by atoms with Gasteiger partial charge in [-0.2, -0.15) is 8.91 Å². The second-order valence-electron chi connectivity index (χ2n) is 15.2. The van der Waals surface area contributed by atoms with Crippen LogP contribution in [0.25, 0.3) is 21.5 Å². The van der Waals surface area contributed by atoms with E-state index in [1.807, 2.05) is 90.1 Å². The van der Waals surface area contributed by atoms with Crippen LogP contribution in [-0.4, -0.2) is 73.8 Å². The molecule has 0 amide bonds. The largest absolute Gasteiger partial charge is 1.00 e. The molecule has 0 fully saturated rings. The quantitative estimate of drug-likeness (QED) is 0.0205. The van der Waals surface area contributed by atoms with Crippen molar-refractivity contribution in [3.63, 3.8) is 0 Å². The third-order valence-electron chi connectivity index (χ3n) is 10.6. The maximum Gasteiger partial charge on any atom is 1.00 e. The number of nitrogens with zero attached hydrogens (tertiary/aromatic N) is 2. The Kier molecular flexibility index (Phi) is 21.5. The predicted molar refractivity (Wildman–Crippen MR) is 221 cm³/mol. The van der Waals surface area contributed by atoms with Crippen molar-refractivity contribution in [3.8, 4) is 0 Å². The van der Waals surface area contributed by atoms with Crippen LogP contribution in [-0.2, 0) is 50.6 Å². The Hall–Kier alpha value is 0.699. The zero-order chi connectivity index (χ0) is 43.0. The van der Waals surface area contributed by atoms with Gasteiger partial charge in [-0.05, 0) is 89.9 Å². The molecule has 6 rings (SSSR count). The Morgan fingerprint density at radius 2 is 1.31 bits per heavy atom. The molecular weight excluding hydrogens is 958 g/mol. The molecule has 0 spiro atoms. The number of rotatable bonds is 16. The fraction of sp³-hybridized carbons (Fsp3) is 0.293. The van der Waals surface area contributed by atoms with Crippen LogP contribution in [0.2, 0.25) is 0 Å². The number of hydrogen-bond acceptors (Lipinski definition) is 14. The van der Waals surface area contributed by atoms with E-state index in [0.717, 1.165) is 62.1 Å². The zero-order valence-electron chi connectivity index (χ0n) is 35.5. The fourth-order valence-corrected chi connectivity index (χ4v) is 10.0. The van der Waals surface area contributed by atoms with Gasteiger partial charge in [0.15, 0.2) is 5.71 Å². The molecule has 2 heterocycles. The standard InChI is InChI=1S/C41H44N2O12S4.3K/c1-40(2)36(42(22-10-24-57(45,46)47)34-20-14-28-26-30(56-55-54-44)16-18-32(28)38(34)40)12-8-6-5-7-9-13-37-41(3,4)39-33-19-17-31(59(51,52)53)27-29(33)15-21-35(39)43(37)23-11-25-58(48,49)50;;;/h5-9,12-21,26-27H,10-11,22-25H2,1-4H3,(H3-,44,45,46,47,48,49,50,51,52,53);;;/q;3*+1/p-3. The molecule has 0 saturated carbocycles. The summed E-state index contributed by atoms with van der Waals surface area (Å²) in [4.78, 5) is 2.34. The van der Waals surface area contributed by atoms with Crippen LogP contribution in [0.5, 0.6) is 0 Å². The molecule has 4 aromatic carbocycles. The van der Waals surface area contributed by atoms with E-state index in [-0.39, 0.29) is 185 Å². The summed E-state index contributed by atoms with van der Waals surface area (Å²) in [7, 11) is -13.6. The normalized spacial score (nSPS) is 16.6. The van der Waals surface area contributed by atoms with Crippen molar-refractivity contribution in [3.05, 3.63) is 120 Å². The van der Waals surface area contributed by atoms with E-state index in [0.29, 0.717) is 10.3 Å². The molecule has 0 aliphatic carbocycles. The minimum atomic E-state index is -4.68. The summed E-state index contributed by atoms with van der Waals surface area (Å²) in [6.45, 7) is 8.62. The van der Waals surface area contributed by atoms with E-state index in [2.05, 4.69) is 23.2 Å². The molecule has 14 nitrogen and oxygen atoms in total. The molecule has 21 heteroatoms. The van der Waals surface area contributed by atoms with Gasteiger partial charge in [-0.15, -0.1) is 0 Å². The fourth-order valence-electron chi connectivity index (χ4n) is 8.17. The minimum Gasteiger partial charge on any atom is -0.748 e. The Labute approximate surface area is 494 Å². The maximum atomic E-state index is 11.7. The Bertz CT molecular complexity index is 2820. The van der Waals surface area contributed by atoms with E-state index in [9.17, 15) is 44.2 Å².